The van der Waals surface area contributed by atoms with Gasteiger partial charge >= 0.3 is 5.97 Å². The van der Waals surface area contributed by atoms with Crippen LogP contribution in [-0.2, 0) is 28.5 Å². The number of ether oxygens (including phenoxy) is 5. The fourth-order valence-electron chi connectivity index (χ4n) is 6.66. The van der Waals surface area contributed by atoms with E-state index in [2.05, 4.69) is 6.92 Å². The molecule has 3 heterocycles. The molecule has 0 bridgehead atoms. The first-order valence-corrected chi connectivity index (χ1v) is 19.5. The number of hydrogen-bond acceptors (Lipinski definition) is 17. The third-order valence-corrected chi connectivity index (χ3v) is 10.2. The van der Waals surface area contributed by atoms with Gasteiger partial charge in [0.2, 0.25) is 5.79 Å². The first-order chi connectivity index (χ1) is 25.8. The van der Waals surface area contributed by atoms with Crippen LogP contribution in [0.4, 0.5) is 0 Å². The molecule has 0 spiro atoms. The zero-order chi connectivity index (χ0) is 40.3. The Morgan fingerprint density at radius 3 is 1.44 bits per heavy atom. The van der Waals surface area contributed by atoms with Gasteiger partial charge in [0.05, 0.1) is 19.8 Å². The van der Waals surface area contributed by atoms with Crippen molar-refractivity contribution in [3.05, 3.63) is 0 Å². The average molecular weight is 789 g/mol. The van der Waals surface area contributed by atoms with Crippen LogP contribution in [0.1, 0.15) is 110 Å². The molecule has 3 fully saturated rings. The maximum absolute atomic E-state index is 10.3. The average Bonchev–Trinajstić information content (AvgIpc) is 3.40. The normalized spacial score (nSPS) is 36.9. The molecule has 0 unspecified atom stereocenters. The molecule has 54 heavy (non-hydrogen) atoms. The Hall–Kier alpha value is -1.17. The molecule has 0 aromatic heterocycles. The highest BCUT2D eigenvalue weighted by atomic mass is 16.8. The van der Waals surface area contributed by atoms with E-state index in [1.807, 2.05) is 0 Å². The Bertz CT molecular complexity index is 993. The Morgan fingerprint density at radius 1 is 0.556 bits per heavy atom. The maximum atomic E-state index is 10.3. The standard InChI is InChI=1S/C18H32O16.C18H36O2/c19-1-5-8(22)11(25)13(27)16(31-5)30-3-7-9(23)12(26)14(28)17(32-7)34-18(4-21)15(29)10(24)6(2-20)33-18;1-2-3-4-5-6-7-8-9-10-11-12-13-14-15-16-17-18(19)20/h5-17,19-29H,1-4H2;2-17H2,1H3,(H,19,20)/t5-,6-,7-,8+,9-,10-,11+,12+,13-,14-,15+,16+,17-,18+;/m1./s1. The van der Waals surface area contributed by atoms with Crippen LogP contribution >= 0.6 is 0 Å². The Kier molecular flexibility index (Phi) is 23.5. The van der Waals surface area contributed by atoms with Crippen molar-refractivity contribution in [2.45, 2.75) is 195 Å². The van der Waals surface area contributed by atoms with E-state index in [-0.39, 0.29) is 0 Å². The molecule has 320 valence electrons. The SMILES string of the molecule is CCCCCCCCCCCCCCCCCC(=O)O.OC[C@H]1O[C@H](OC[C@H]2O[C@H](O[C@]3(CO)O[C@H](CO)[C@@H](O)[C@@H]3O)[C@H](O)[C@@H](O)[C@@H]2O)[C@H](O)[C@@H](O)[C@H]1O. The molecule has 14 atom stereocenters. The van der Waals surface area contributed by atoms with Gasteiger partial charge in [-0.05, 0) is 6.42 Å². The summed E-state index contributed by atoms with van der Waals surface area (Å²) in [7, 11) is 0. The lowest BCUT2D eigenvalue weighted by molar-refractivity contribution is -0.388. The number of unbranched alkanes of at least 4 members (excludes halogenated alkanes) is 14. The molecule has 3 aliphatic heterocycles. The quantitative estimate of drug-likeness (QED) is 0.0509. The van der Waals surface area contributed by atoms with E-state index in [1.54, 1.807) is 0 Å². The molecule has 3 rings (SSSR count). The summed E-state index contributed by atoms with van der Waals surface area (Å²) in [6, 6.07) is 0. The molecular formula is C36H68O18. The smallest absolute Gasteiger partial charge is 0.303 e. The Morgan fingerprint density at radius 2 is 1.00 bits per heavy atom. The first-order valence-electron chi connectivity index (χ1n) is 19.5. The van der Waals surface area contributed by atoms with Crippen LogP contribution in [0.3, 0.4) is 0 Å². The van der Waals surface area contributed by atoms with E-state index in [9.17, 15) is 61.0 Å². The lowest BCUT2D eigenvalue weighted by Gasteiger charge is -2.44. The highest BCUT2D eigenvalue weighted by Crippen LogP contribution is 2.36. The van der Waals surface area contributed by atoms with Gasteiger partial charge in [-0.1, -0.05) is 96.8 Å². The zero-order valence-corrected chi connectivity index (χ0v) is 31.5. The molecule has 0 aromatic rings. The summed E-state index contributed by atoms with van der Waals surface area (Å²) in [4.78, 5) is 10.3. The second-order valence-electron chi connectivity index (χ2n) is 14.5. The van der Waals surface area contributed by atoms with E-state index < -0.39 is 118 Å². The van der Waals surface area contributed by atoms with Gasteiger partial charge in [-0.25, -0.2) is 0 Å². The summed E-state index contributed by atoms with van der Waals surface area (Å²) in [5.74, 6) is -3.01. The van der Waals surface area contributed by atoms with Gasteiger partial charge in [0.15, 0.2) is 12.6 Å². The molecule has 0 aromatic carbocycles. The summed E-state index contributed by atoms with van der Waals surface area (Å²) in [6.45, 7) is -0.870. The summed E-state index contributed by atoms with van der Waals surface area (Å²) >= 11 is 0. The van der Waals surface area contributed by atoms with Crippen molar-refractivity contribution in [3.63, 3.8) is 0 Å². The fourth-order valence-corrected chi connectivity index (χ4v) is 6.66. The van der Waals surface area contributed by atoms with Crippen molar-refractivity contribution in [2.75, 3.05) is 26.4 Å². The number of aliphatic hydroxyl groups is 11. The van der Waals surface area contributed by atoms with E-state index in [4.69, 9.17) is 28.8 Å². The van der Waals surface area contributed by atoms with Gasteiger partial charge in [0.1, 0.15) is 73.8 Å². The molecule has 0 radical (unpaired) electrons. The first kappa shape index (κ1) is 49.0. The summed E-state index contributed by atoms with van der Waals surface area (Å²) in [5.41, 5.74) is 0. The number of carboxylic acids is 1. The number of aliphatic carboxylic acids is 1. The van der Waals surface area contributed by atoms with Crippen molar-refractivity contribution in [3.8, 4) is 0 Å². The Labute approximate surface area is 317 Å². The van der Waals surface area contributed by atoms with Crippen LogP contribution in [0.2, 0.25) is 0 Å². The van der Waals surface area contributed by atoms with Crippen molar-refractivity contribution in [1.29, 1.82) is 0 Å². The van der Waals surface area contributed by atoms with Crippen LogP contribution in [0.15, 0.2) is 0 Å². The van der Waals surface area contributed by atoms with Crippen LogP contribution in [0, 0.1) is 0 Å². The predicted octanol–water partition coefficient (Wildman–Crippen LogP) is -1.24. The molecule has 3 aliphatic rings. The van der Waals surface area contributed by atoms with Crippen LogP contribution in [0.5, 0.6) is 0 Å². The molecule has 0 amide bonds. The number of aliphatic hydroxyl groups excluding tert-OH is 11. The second-order valence-corrected chi connectivity index (χ2v) is 14.5. The third kappa shape index (κ3) is 15.0. The lowest BCUT2D eigenvalue weighted by Crippen LogP contribution is -2.63. The van der Waals surface area contributed by atoms with E-state index >= 15 is 0 Å². The topological polar surface area (TPSA) is 306 Å². The van der Waals surface area contributed by atoms with Crippen LogP contribution < -0.4 is 0 Å². The number of rotatable bonds is 24. The van der Waals surface area contributed by atoms with Gasteiger partial charge in [-0.3, -0.25) is 4.79 Å². The maximum Gasteiger partial charge on any atom is 0.303 e. The van der Waals surface area contributed by atoms with E-state index in [1.165, 1.54) is 83.5 Å². The minimum Gasteiger partial charge on any atom is -0.481 e. The highest BCUT2D eigenvalue weighted by molar-refractivity contribution is 5.66. The molecule has 3 saturated heterocycles. The molecule has 18 heteroatoms. The van der Waals surface area contributed by atoms with Gasteiger partial charge in [-0.15, -0.1) is 0 Å². The number of carboxylic acid groups (broad SMARTS) is 1. The second kappa shape index (κ2) is 26.0. The van der Waals surface area contributed by atoms with Crippen molar-refractivity contribution in [2.24, 2.45) is 0 Å². The summed E-state index contributed by atoms with van der Waals surface area (Å²) < 4.78 is 26.4. The monoisotopic (exact) mass is 788 g/mol. The van der Waals surface area contributed by atoms with E-state index in [0.717, 1.165) is 12.8 Å². The van der Waals surface area contributed by atoms with Crippen molar-refractivity contribution < 1.29 is 89.8 Å². The van der Waals surface area contributed by atoms with Gasteiger partial charge in [-0.2, -0.15) is 0 Å². The van der Waals surface area contributed by atoms with Gasteiger partial charge < -0.3 is 85.0 Å². The molecular weight excluding hydrogens is 720 g/mol. The molecule has 0 aliphatic carbocycles. The minimum absolute atomic E-state index is 0.345. The van der Waals surface area contributed by atoms with Crippen molar-refractivity contribution in [1.82, 2.24) is 0 Å². The largest absolute Gasteiger partial charge is 0.481 e. The molecule has 18 nitrogen and oxygen atoms in total. The van der Waals surface area contributed by atoms with Crippen LogP contribution in [-0.4, -0.2) is 179 Å². The van der Waals surface area contributed by atoms with Crippen molar-refractivity contribution >= 4 is 5.97 Å². The fraction of sp³-hybridized carbons (Fsp3) is 0.972. The van der Waals surface area contributed by atoms with Gasteiger partial charge in [0, 0.05) is 6.42 Å². The molecule has 12 N–H and O–H groups in total. The Balaban J connectivity index is 0.000000432. The highest BCUT2D eigenvalue weighted by Gasteiger charge is 2.58. The third-order valence-electron chi connectivity index (χ3n) is 10.2. The summed E-state index contributed by atoms with van der Waals surface area (Å²) in [6.07, 6.45) is -1.57. The van der Waals surface area contributed by atoms with Gasteiger partial charge in [0.25, 0.3) is 0 Å². The molecule has 0 saturated carbocycles. The number of hydrogen-bond donors (Lipinski definition) is 12. The zero-order valence-electron chi connectivity index (χ0n) is 31.5. The number of carbonyl (C=O) groups is 1. The van der Waals surface area contributed by atoms with E-state index in [0.29, 0.717) is 6.42 Å². The lowest BCUT2D eigenvalue weighted by atomic mass is 9.98. The predicted molar refractivity (Wildman–Crippen MR) is 188 cm³/mol. The minimum atomic E-state index is -2.36. The van der Waals surface area contributed by atoms with Crippen LogP contribution in [0.25, 0.3) is 0 Å². The summed E-state index contributed by atoms with van der Waals surface area (Å²) in [5, 5.41) is 117.